The first kappa shape index (κ1) is 30.0. The van der Waals surface area contributed by atoms with Gasteiger partial charge >= 0.3 is 0 Å². The maximum atomic E-state index is 13.3. The Morgan fingerprint density at radius 3 is 2.43 bits per heavy atom. The van der Waals surface area contributed by atoms with Crippen molar-refractivity contribution in [3.8, 4) is 0 Å². The van der Waals surface area contributed by atoms with E-state index in [1.807, 2.05) is 4.90 Å². The van der Waals surface area contributed by atoms with Gasteiger partial charge in [-0.1, -0.05) is 29.8 Å². The van der Waals surface area contributed by atoms with Crippen LogP contribution in [0.3, 0.4) is 0 Å². The standard InChI is InChI=1S/C33H39ClN6O4/c1-21-6-3-7-22(2)30(21)40-16-14-38(15-17-40)28-19-25(34)24(31(42)35-11-5-13-39-12-4-8-29(39)41)18-26(28)36-32(43)27-20-44-33(37-27)23-9-10-23/h3,6-7,18-20,23H,4-5,8-17H2,1-2H3,(H,35,42)(H,36,43). The van der Waals surface area contributed by atoms with Crippen molar-refractivity contribution in [1.29, 1.82) is 0 Å². The first-order valence-electron chi connectivity index (χ1n) is 15.5. The minimum Gasteiger partial charge on any atom is -0.448 e. The fourth-order valence-corrected chi connectivity index (χ4v) is 6.42. The zero-order valence-corrected chi connectivity index (χ0v) is 26.1. The predicted molar refractivity (Wildman–Crippen MR) is 171 cm³/mol. The second-order valence-electron chi connectivity index (χ2n) is 12.0. The third-order valence-corrected chi connectivity index (χ3v) is 9.01. The molecule has 0 atom stereocenters. The molecule has 3 amide bonds. The summed E-state index contributed by atoms with van der Waals surface area (Å²) < 4.78 is 5.55. The van der Waals surface area contributed by atoms with E-state index in [0.717, 1.165) is 44.6 Å². The molecule has 11 heteroatoms. The van der Waals surface area contributed by atoms with Gasteiger partial charge < -0.3 is 29.8 Å². The van der Waals surface area contributed by atoms with Crippen LogP contribution in [0.15, 0.2) is 41.0 Å². The lowest BCUT2D eigenvalue weighted by atomic mass is 10.1. The van der Waals surface area contributed by atoms with Crippen LogP contribution >= 0.6 is 11.6 Å². The summed E-state index contributed by atoms with van der Waals surface area (Å²) in [4.78, 5) is 49.3. The van der Waals surface area contributed by atoms with E-state index in [-0.39, 0.29) is 29.0 Å². The molecule has 0 unspecified atom stereocenters. The summed E-state index contributed by atoms with van der Waals surface area (Å²) in [5.41, 5.74) is 5.47. The number of carbonyl (C=O) groups excluding carboxylic acids is 3. The molecule has 2 aliphatic heterocycles. The Labute approximate surface area is 262 Å². The Kier molecular flexibility index (Phi) is 8.79. The number of anilines is 3. The van der Waals surface area contributed by atoms with Crippen LogP contribution in [0.25, 0.3) is 0 Å². The van der Waals surface area contributed by atoms with Gasteiger partial charge in [-0.25, -0.2) is 4.98 Å². The number of hydrogen-bond acceptors (Lipinski definition) is 7. The van der Waals surface area contributed by atoms with Gasteiger partial charge in [-0.05, 0) is 62.8 Å². The number of rotatable bonds is 10. The highest BCUT2D eigenvalue weighted by Crippen LogP contribution is 2.39. The van der Waals surface area contributed by atoms with E-state index in [9.17, 15) is 14.4 Å². The molecule has 2 N–H and O–H groups in total. The topological polar surface area (TPSA) is 111 Å². The number of aryl methyl sites for hydroxylation is 2. The van der Waals surface area contributed by atoms with Crippen molar-refractivity contribution in [2.75, 3.05) is 60.9 Å². The van der Waals surface area contributed by atoms with Gasteiger partial charge in [-0.15, -0.1) is 0 Å². The number of nitrogens with zero attached hydrogens (tertiary/aromatic N) is 4. The summed E-state index contributed by atoms with van der Waals surface area (Å²) >= 11 is 6.72. The Morgan fingerprint density at radius 2 is 1.75 bits per heavy atom. The van der Waals surface area contributed by atoms with E-state index in [0.29, 0.717) is 55.6 Å². The molecule has 1 aromatic heterocycles. The molecule has 232 valence electrons. The summed E-state index contributed by atoms with van der Waals surface area (Å²) in [7, 11) is 0. The van der Waals surface area contributed by atoms with E-state index in [2.05, 4.69) is 57.5 Å². The van der Waals surface area contributed by atoms with Crippen LogP contribution in [0.5, 0.6) is 0 Å². The molecule has 3 fully saturated rings. The molecule has 2 aromatic carbocycles. The largest absolute Gasteiger partial charge is 0.448 e. The van der Waals surface area contributed by atoms with Crippen molar-refractivity contribution < 1.29 is 18.8 Å². The normalized spacial score (nSPS) is 16.9. The highest BCUT2D eigenvalue weighted by atomic mass is 35.5. The van der Waals surface area contributed by atoms with Crippen LogP contribution in [0.2, 0.25) is 5.02 Å². The SMILES string of the molecule is Cc1cccc(C)c1N1CCN(c2cc(Cl)c(C(=O)NCCCN3CCCC3=O)cc2NC(=O)c2coc(C3CC3)n2)CC1. The molecule has 44 heavy (non-hydrogen) atoms. The Balaban J connectivity index is 1.19. The molecule has 10 nitrogen and oxygen atoms in total. The number of carbonyl (C=O) groups is 3. The monoisotopic (exact) mass is 618 g/mol. The third kappa shape index (κ3) is 6.55. The third-order valence-electron chi connectivity index (χ3n) is 8.70. The lowest BCUT2D eigenvalue weighted by molar-refractivity contribution is -0.127. The van der Waals surface area contributed by atoms with Gasteiger partial charge in [-0.2, -0.15) is 0 Å². The number of para-hydroxylation sites is 1. The van der Waals surface area contributed by atoms with Crippen molar-refractivity contribution in [2.45, 2.75) is 51.9 Å². The molecule has 3 aromatic rings. The van der Waals surface area contributed by atoms with Gasteiger partial charge in [0.05, 0.1) is 22.0 Å². The van der Waals surface area contributed by atoms with Crippen LogP contribution in [0.4, 0.5) is 17.1 Å². The zero-order valence-electron chi connectivity index (χ0n) is 25.3. The first-order valence-corrected chi connectivity index (χ1v) is 15.9. The maximum Gasteiger partial charge on any atom is 0.277 e. The van der Waals surface area contributed by atoms with Gasteiger partial charge in [0.2, 0.25) is 5.91 Å². The quantitative estimate of drug-likeness (QED) is 0.303. The van der Waals surface area contributed by atoms with Gasteiger partial charge in [0.25, 0.3) is 11.8 Å². The van der Waals surface area contributed by atoms with Gasteiger partial charge in [-0.3, -0.25) is 14.4 Å². The molecule has 1 saturated carbocycles. The summed E-state index contributed by atoms with van der Waals surface area (Å²) in [5, 5.41) is 6.22. The molecular weight excluding hydrogens is 580 g/mol. The summed E-state index contributed by atoms with van der Waals surface area (Å²) in [6, 6.07) is 9.76. The minimum atomic E-state index is -0.403. The van der Waals surface area contributed by atoms with E-state index >= 15 is 0 Å². The molecule has 0 bridgehead atoms. The molecule has 0 spiro atoms. The minimum absolute atomic E-state index is 0.168. The lowest BCUT2D eigenvalue weighted by Gasteiger charge is -2.39. The number of oxazole rings is 1. The number of aromatic nitrogens is 1. The van der Waals surface area contributed by atoms with Gasteiger partial charge in [0.1, 0.15) is 6.26 Å². The van der Waals surface area contributed by atoms with Crippen LogP contribution < -0.4 is 20.4 Å². The van der Waals surface area contributed by atoms with Crippen LogP contribution in [-0.4, -0.2) is 73.4 Å². The second-order valence-corrected chi connectivity index (χ2v) is 12.4. The molecular formula is C33H39ClN6O4. The smallest absolute Gasteiger partial charge is 0.277 e. The zero-order chi connectivity index (χ0) is 30.8. The summed E-state index contributed by atoms with van der Waals surface area (Å²) in [6.07, 6.45) is 5.56. The Bertz CT molecular complexity index is 1540. The molecule has 6 rings (SSSR count). The number of benzene rings is 2. The second kappa shape index (κ2) is 12.9. The fraction of sp³-hybridized carbons (Fsp3) is 0.455. The van der Waals surface area contributed by atoms with Crippen LogP contribution in [0.1, 0.15) is 75.9 Å². The highest BCUT2D eigenvalue weighted by Gasteiger charge is 2.30. The van der Waals surface area contributed by atoms with E-state index in [4.69, 9.17) is 16.0 Å². The maximum absolute atomic E-state index is 13.3. The van der Waals surface area contributed by atoms with E-state index in [1.165, 1.54) is 23.1 Å². The average Bonchev–Trinajstić information content (AvgIpc) is 3.59. The van der Waals surface area contributed by atoms with Crippen molar-refractivity contribution in [3.05, 3.63) is 69.9 Å². The number of hydrogen-bond donors (Lipinski definition) is 2. The molecule has 0 radical (unpaired) electrons. The van der Waals surface area contributed by atoms with Gasteiger partial charge in [0.15, 0.2) is 11.6 Å². The van der Waals surface area contributed by atoms with Gasteiger partial charge in [0, 0.05) is 63.8 Å². The van der Waals surface area contributed by atoms with Crippen LogP contribution in [0, 0.1) is 13.8 Å². The predicted octanol–water partition coefficient (Wildman–Crippen LogP) is 5.14. The van der Waals surface area contributed by atoms with Crippen molar-refractivity contribution in [2.24, 2.45) is 0 Å². The Morgan fingerprint density at radius 1 is 1.02 bits per heavy atom. The van der Waals surface area contributed by atoms with E-state index in [1.54, 1.807) is 12.1 Å². The highest BCUT2D eigenvalue weighted by molar-refractivity contribution is 6.34. The first-order chi connectivity index (χ1) is 21.3. The molecule has 3 aliphatic rings. The summed E-state index contributed by atoms with van der Waals surface area (Å²) in [6.45, 7) is 9.08. The number of likely N-dealkylation sites (tertiary alicyclic amines) is 1. The number of nitrogens with one attached hydrogen (secondary N) is 2. The van der Waals surface area contributed by atoms with Crippen molar-refractivity contribution in [3.63, 3.8) is 0 Å². The van der Waals surface area contributed by atoms with Crippen LogP contribution in [-0.2, 0) is 4.79 Å². The molecule has 1 aliphatic carbocycles. The molecule has 2 saturated heterocycles. The average molecular weight is 619 g/mol. The lowest BCUT2D eigenvalue weighted by Crippen LogP contribution is -2.47. The van der Waals surface area contributed by atoms with Crippen molar-refractivity contribution >= 4 is 46.4 Å². The molecule has 3 heterocycles. The van der Waals surface area contributed by atoms with E-state index < -0.39 is 5.91 Å². The number of piperazine rings is 1. The number of amides is 3. The Hall–Kier alpha value is -4.05. The fourth-order valence-electron chi connectivity index (χ4n) is 6.18. The van der Waals surface area contributed by atoms with Crippen molar-refractivity contribution in [1.82, 2.24) is 15.2 Å². The number of halogens is 1. The summed E-state index contributed by atoms with van der Waals surface area (Å²) in [5.74, 6) is 0.309.